The second-order valence-corrected chi connectivity index (χ2v) is 11.9. The number of hydrogen-bond donors (Lipinski definition) is 0. The summed E-state index contributed by atoms with van der Waals surface area (Å²) in [5.41, 5.74) is 3.08. The van der Waals surface area contributed by atoms with E-state index in [0.29, 0.717) is 37.7 Å². The van der Waals surface area contributed by atoms with Crippen LogP contribution in [-0.2, 0) is 15.4 Å². The number of anilines is 1. The van der Waals surface area contributed by atoms with Crippen molar-refractivity contribution in [2.45, 2.75) is 38.0 Å². The normalized spacial score (nSPS) is 15.6. The zero-order valence-electron chi connectivity index (χ0n) is 19.6. The Labute approximate surface area is 200 Å². The zero-order chi connectivity index (χ0) is 23.6. The van der Waals surface area contributed by atoms with Gasteiger partial charge >= 0.3 is 0 Å². The first kappa shape index (κ1) is 23.7. The maximum absolute atomic E-state index is 13.1. The molecule has 33 heavy (non-hydrogen) atoms. The molecule has 176 valence electrons. The van der Waals surface area contributed by atoms with Crippen LogP contribution >= 0.6 is 11.3 Å². The molecule has 6 nitrogen and oxygen atoms in total. The fourth-order valence-corrected chi connectivity index (χ4v) is 6.14. The first-order valence-corrected chi connectivity index (χ1v) is 13.5. The van der Waals surface area contributed by atoms with Gasteiger partial charge in [0.2, 0.25) is 10.0 Å². The lowest BCUT2D eigenvalue weighted by Gasteiger charge is -2.33. The van der Waals surface area contributed by atoms with Gasteiger partial charge < -0.3 is 9.64 Å². The quantitative estimate of drug-likeness (QED) is 0.491. The minimum absolute atomic E-state index is 0.00813. The number of sulfonamides is 1. The summed E-state index contributed by atoms with van der Waals surface area (Å²) in [6, 6.07) is 15.2. The third-order valence-corrected chi connectivity index (χ3v) is 8.63. The first-order valence-electron chi connectivity index (χ1n) is 11.2. The number of piperazine rings is 1. The molecule has 8 heteroatoms. The van der Waals surface area contributed by atoms with Crippen LogP contribution < -0.4 is 9.64 Å². The maximum Gasteiger partial charge on any atom is 0.243 e. The molecule has 0 unspecified atom stereocenters. The average molecular weight is 486 g/mol. The van der Waals surface area contributed by atoms with Gasteiger partial charge in [-0.15, -0.1) is 11.3 Å². The molecule has 0 radical (unpaired) electrons. The Kier molecular flexibility index (Phi) is 6.79. The third kappa shape index (κ3) is 5.23. The second-order valence-electron chi connectivity index (χ2n) is 9.14. The monoisotopic (exact) mass is 485 g/mol. The number of thiazole rings is 1. The van der Waals surface area contributed by atoms with E-state index >= 15 is 0 Å². The predicted molar refractivity (Wildman–Crippen MR) is 135 cm³/mol. The standard InChI is InChI=1S/C25H31N3O3S2/c1-5-31-21-10-6-19(7-11-21)23-18-32-24(26-23)27-14-16-28(17-15-27)33(29,30)22-12-8-20(9-13-22)25(2,3)4/h6-13,18H,5,14-17H2,1-4H3. The SMILES string of the molecule is CCOc1ccc(-c2csc(N3CCN(S(=O)(=O)c4ccc(C(C)(C)C)cc4)CC3)n2)cc1. The van der Waals surface area contributed by atoms with Crippen LogP contribution in [-0.4, -0.2) is 50.5 Å². The predicted octanol–water partition coefficient (Wildman–Crippen LogP) is 5.02. The molecule has 2 aromatic carbocycles. The van der Waals surface area contributed by atoms with E-state index in [2.05, 4.69) is 25.7 Å². The van der Waals surface area contributed by atoms with Gasteiger partial charge in [-0.3, -0.25) is 0 Å². The highest BCUT2D eigenvalue weighted by molar-refractivity contribution is 7.89. The zero-order valence-corrected chi connectivity index (χ0v) is 21.2. The van der Waals surface area contributed by atoms with Crippen molar-refractivity contribution in [2.24, 2.45) is 0 Å². The minimum atomic E-state index is -3.50. The number of hydrogen-bond acceptors (Lipinski definition) is 6. The summed E-state index contributed by atoms with van der Waals surface area (Å²) < 4.78 is 33.4. The molecule has 0 bridgehead atoms. The van der Waals surface area contributed by atoms with Crippen molar-refractivity contribution in [3.8, 4) is 17.0 Å². The fourth-order valence-electron chi connectivity index (χ4n) is 3.83. The lowest BCUT2D eigenvalue weighted by Crippen LogP contribution is -2.48. The summed E-state index contributed by atoms with van der Waals surface area (Å²) in [4.78, 5) is 7.32. The Balaban J connectivity index is 1.40. The molecule has 1 aromatic heterocycles. The van der Waals surface area contributed by atoms with E-state index in [1.807, 2.05) is 48.7 Å². The van der Waals surface area contributed by atoms with Crippen LogP contribution in [0.5, 0.6) is 5.75 Å². The summed E-state index contributed by atoms with van der Waals surface area (Å²) in [5, 5.41) is 2.97. The lowest BCUT2D eigenvalue weighted by molar-refractivity contribution is 0.340. The molecule has 0 atom stereocenters. The van der Waals surface area contributed by atoms with Gasteiger partial charge in [-0.2, -0.15) is 4.31 Å². The summed E-state index contributed by atoms with van der Waals surface area (Å²) in [7, 11) is -3.50. The average Bonchev–Trinajstić information content (AvgIpc) is 3.30. The second kappa shape index (κ2) is 9.44. The molecule has 1 saturated heterocycles. The van der Waals surface area contributed by atoms with Gasteiger partial charge in [0.1, 0.15) is 5.75 Å². The molecule has 0 amide bonds. The number of aromatic nitrogens is 1. The van der Waals surface area contributed by atoms with Crippen molar-refractivity contribution < 1.29 is 13.2 Å². The highest BCUT2D eigenvalue weighted by Gasteiger charge is 2.29. The molecule has 0 saturated carbocycles. The van der Waals surface area contributed by atoms with Gasteiger partial charge in [0.05, 0.1) is 17.2 Å². The van der Waals surface area contributed by atoms with Crippen molar-refractivity contribution in [3.05, 3.63) is 59.5 Å². The van der Waals surface area contributed by atoms with Crippen molar-refractivity contribution >= 4 is 26.5 Å². The highest BCUT2D eigenvalue weighted by atomic mass is 32.2. The van der Waals surface area contributed by atoms with Crippen molar-refractivity contribution in [1.29, 1.82) is 0 Å². The van der Waals surface area contributed by atoms with Gasteiger partial charge in [-0.25, -0.2) is 13.4 Å². The molecule has 4 rings (SSSR count). The Morgan fingerprint density at radius 1 is 0.970 bits per heavy atom. The van der Waals surface area contributed by atoms with E-state index in [-0.39, 0.29) is 5.41 Å². The molecular formula is C25H31N3O3S2. The molecule has 1 aliphatic heterocycles. The fraction of sp³-hybridized carbons (Fsp3) is 0.400. The molecule has 1 fully saturated rings. The molecule has 0 N–H and O–H groups in total. The number of nitrogens with zero attached hydrogens (tertiary/aromatic N) is 3. The lowest BCUT2D eigenvalue weighted by atomic mass is 9.87. The summed E-state index contributed by atoms with van der Waals surface area (Å²) in [6.45, 7) is 11.1. The molecule has 3 aromatic rings. The number of ether oxygens (including phenoxy) is 1. The first-order chi connectivity index (χ1) is 15.7. The van der Waals surface area contributed by atoms with Gasteiger partial charge in [0, 0.05) is 37.1 Å². The van der Waals surface area contributed by atoms with Gasteiger partial charge in [-0.05, 0) is 54.3 Å². The van der Waals surface area contributed by atoms with Crippen LogP contribution in [0.1, 0.15) is 33.3 Å². The van der Waals surface area contributed by atoms with Gasteiger partial charge in [0.15, 0.2) is 5.13 Å². The van der Waals surface area contributed by atoms with Crippen molar-refractivity contribution in [2.75, 3.05) is 37.7 Å². The summed E-state index contributed by atoms with van der Waals surface area (Å²) in [6.07, 6.45) is 0. The van der Waals surface area contributed by atoms with Crippen LogP contribution in [0.25, 0.3) is 11.3 Å². The molecule has 0 aliphatic carbocycles. The van der Waals surface area contributed by atoms with Crippen LogP contribution in [0.3, 0.4) is 0 Å². The van der Waals surface area contributed by atoms with Gasteiger partial charge in [-0.1, -0.05) is 32.9 Å². The van der Waals surface area contributed by atoms with E-state index < -0.39 is 10.0 Å². The topological polar surface area (TPSA) is 62.7 Å². The summed E-state index contributed by atoms with van der Waals surface area (Å²) >= 11 is 1.59. The van der Waals surface area contributed by atoms with E-state index in [0.717, 1.165) is 27.7 Å². The van der Waals surface area contributed by atoms with Crippen LogP contribution in [0.15, 0.2) is 58.8 Å². The Hall–Kier alpha value is -2.42. The minimum Gasteiger partial charge on any atom is -0.494 e. The van der Waals surface area contributed by atoms with Crippen molar-refractivity contribution in [3.63, 3.8) is 0 Å². The smallest absolute Gasteiger partial charge is 0.243 e. The highest BCUT2D eigenvalue weighted by Crippen LogP contribution is 2.30. The van der Waals surface area contributed by atoms with E-state index in [4.69, 9.17) is 9.72 Å². The van der Waals surface area contributed by atoms with Crippen LogP contribution in [0.4, 0.5) is 5.13 Å². The van der Waals surface area contributed by atoms with E-state index in [9.17, 15) is 8.42 Å². The molecule has 1 aliphatic rings. The van der Waals surface area contributed by atoms with Crippen LogP contribution in [0.2, 0.25) is 0 Å². The Morgan fingerprint density at radius 2 is 1.61 bits per heavy atom. The Bertz CT molecular complexity index is 1170. The number of benzene rings is 2. The van der Waals surface area contributed by atoms with E-state index in [1.54, 1.807) is 27.8 Å². The van der Waals surface area contributed by atoms with E-state index in [1.165, 1.54) is 0 Å². The number of rotatable bonds is 6. The molecular weight excluding hydrogens is 454 g/mol. The third-order valence-electron chi connectivity index (χ3n) is 5.82. The molecule has 0 spiro atoms. The maximum atomic E-state index is 13.1. The van der Waals surface area contributed by atoms with Gasteiger partial charge in [0.25, 0.3) is 0 Å². The Morgan fingerprint density at radius 3 is 2.18 bits per heavy atom. The summed E-state index contributed by atoms with van der Waals surface area (Å²) in [5.74, 6) is 0.849. The van der Waals surface area contributed by atoms with Crippen molar-refractivity contribution in [1.82, 2.24) is 9.29 Å². The molecule has 2 heterocycles. The largest absolute Gasteiger partial charge is 0.494 e. The van der Waals surface area contributed by atoms with Crippen LogP contribution in [0, 0.1) is 0 Å².